The van der Waals surface area contributed by atoms with Crippen molar-refractivity contribution in [3.8, 4) is 0 Å². The zero-order valence-electron chi connectivity index (χ0n) is 19.2. The van der Waals surface area contributed by atoms with E-state index in [0.29, 0.717) is 6.04 Å². The van der Waals surface area contributed by atoms with Gasteiger partial charge in [-0.15, -0.1) is 0 Å². The number of carboxylic acids is 1. The van der Waals surface area contributed by atoms with E-state index in [1.54, 1.807) is 0 Å². The standard InChI is InChI=1S/C24H47NO5/c1-25-17-13-21(23(28)29)20-22(25)12-6-9-16-24(30,14-7-2-4-10-18-26)15-8-3-5-11-19-27/h21-22,26-27,30H,2-20H2,1H3,(H,28,29). The second kappa shape index (κ2) is 16.0. The summed E-state index contributed by atoms with van der Waals surface area (Å²) in [5, 5.41) is 38.4. The third kappa shape index (κ3) is 11.6. The third-order valence-corrected chi connectivity index (χ3v) is 6.89. The molecule has 1 rings (SSSR count). The van der Waals surface area contributed by atoms with Gasteiger partial charge in [0, 0.05) is 19.3 Å². The highest BCUT2D eigenvalue weighted by Gasteiger charge is 2.30. The summed E-state index contributed by atoms with van der Waals surface area (Å²) in [4.78, 5) is 13.6. The molecule has 0 saturated carbocycles. The molecule has 1 aliphatic heterocycles. The molecule has 0 aromatic carbocycles. The number of aliphatic hydroxyl groups excluding tert-OH is 2. The summed E-state index contributed by atoms with van der Waals surface area (Å²) in [6, 6.07) is 0.338. The number of aliphatic carboxylic acids is 1. The highest BCUT2D eigenvalue weighted by Crippen LogP contribution is 2.30. The van der Waals surface area contributed by atoms with Gasteiger partial charge in [0.25, 0.3) is 0 Å². The van der Waals surface area contributed by atoms with Gasteiger partial charge in [-0.3, -0.25) is 4.79 Å². The molecular weight excluding hydrogens is 382 g/mol. The van der Waals surface area contributed by atoms with E-state index in [9.17, 15) is 15.0 Å². The van der Waals surface area contributed by atoms with Crippen molar-refractivity contribution in [3.63, 3.8) is 0 Å². The van der Waals surface area contributed by atoms with Gasteiger partial charge < -0.3 is 25.3 Å². The SMILES string of the molecule is CN1CCC(C(=O)O)CC1CCCCC(O)(CCCCCCO)CCCCCCO. The highest BCUT2D eigenvalue weighted by molar-refractivity contribution is 5.70. The molecule has 4 N–H and O–H groups in total. The van der Waals surface area contributed by atoms with Crippen molar-refractivity contribution >= 4 is 5.97 Å². The monoisotopic (exact) mass is 429 g/mol. The molecule has 6 heteroatoms. The van der Waals surface area contributed by atoms with Gasteiger partial charge in [0.15, 0.2) is 0 Å². The fraction of sp³-hybridized carbons (Fsp3) is 0.958. The summed E-state index contributed by atoms with van der Waals surface area (Å²) in [5.74, 6) is -0.870. The van der Waals surface area contributed by atoms with E-state index in [0.717, 1.165) is 109 Å². The van der Waals surface area contributed by atoms with Gasteiger partial charge in [0.05, 0.1) is 11.5 Å². The Bertz CT molecular complexity index is 431. The van der Waals surface area contributed by atoms with Gasteiger partial charge in [-0.25, -0.2) is 0 Å². The molecular formula is C24H47NO5. The quantitative estimate of drug-likeness (QED) is 0.246. The van der Waals surface area contributed by atoms with Crippen LogP contribution >= 0.6 is 0 Å². The number of rotatable bonds is 18. The van der Waals surface area contributed by atoms with E-state index in [1.165, 1.54) is 0 Å². The van der Waals surface area contributed by atoms with Crippen LogP contribution in [0.4, 0.5) is 0 Å². The average Bonchev–Trinajstić information content (AvgIpc) is 2.72. The number of carboxylic acid groups (broad SMARTS) is 1. The lowest BCUT2D eigenvalue weighted by molar-refractivity contribution is -0.144. The summed E-state index contributed by atoms with van der Waals surface area (Å²) < 4.78 is 0. The van der Waals surface area contributed by atoms with E-state index < -0.39 is 11.6 Å². The van der Waals surface area contributed by atoms with Crippen molar-refractivity contribution in [2.75, 3.05) is 26.8 Å². The van der Waals surface area contributed by atoms with E-state index in [-0.39, 0.29) is 19.1 Å². The van der Waals surface area contributed by atoms with E-state index in [1.807, 2.05) is 0 Å². The maximum absolute atomic E-state index is 11.3. The van der Waals surface area contributed by atoms with Crippen LogP contribution in [0.15, 0.2) is 0 Å². The molecule has 0 aliphatic carbocycles. The predicted molar refractivity (Wildman–Crippen MR) is 121 cm³/mol. The summed E-state index contributed by atoms with van der Waals surface area (Å²) in [6.07, 6.45) is 14.8. The number of hydrogen-bond acceptors (Lipinski definition) is 5. The minimum absolute atomic E-state index is 0.207. The molecule has 0 aromatic heterocycles. The van der Waals surface area contributed by atoms with Crippen LogP contribution < -0.4 is 0 Å². The van der Waals surface area contributed by atoms with Crippen molar-refractivity contribution in [2.24, 2.45) is 5.92 Å². The number of hydrogen-bond donors (Lipinski definition) is 4. The number of piperidine rings is 1. The Morgan fingerprint density at radius 2 is 1.37 bits per heavy atom. The van der Waals surface area contributed by atoms with Crippen LogP contribution in [-0.4, -0.2) is 69.7 Å². The zero-order chi connectivity index (χ0) is 22.2. The Kier molecular flexibility index (Phi) is 14.6. The van der Waals surface area contributed by atoms with E-state index in [4.69, 9.17) is 10.2 Å². The smallest absolute Gasteiger partial charge is 0.306 e. The Morgan fingerprint density at radius 1 is 0.867 bits per heavy atom. The summed E-state index contributed by atoms with van der Waals surface area (Å²) in [7, 11) is 2.10. The molecule has 2 unspecified atom stereocenters. The van der Waals surface area contributed by atoms with Gasteiger partial charge in [-0.1, -0.05) is 51.4 Å². The van der Waals surface area contributed by atoms with Crippen LogP contribution in [-0.2, 0) is 4.79 Å². The lowest BCUT2D eigenvalue weighted by atomic mass is 9.84. The summed E-state index contributed by atoms with van der Waals surface area (Å²) in [6.45, 7) is 1.34. The molecule has 0 bridgehead atoms. The number of unbranched alkanes of at least 4 members (excludes halogenated alkanes) is 7. The molecule has 178 valence electrons. The maximum atomic E-state index is 11.3. The third-order valence-electron chi connectivity index (χ3n) is 6.89. The van der Waals surface area contributed by atoms with Gasteiger partial charge in [0.1, 0.15) is 0 Å². The van der Waals surface area contributed by atoms with Crippen LogP contribution in [0, 0.1) is 5.92 Å². The first-order valence-corrected chi connectivity index (χ1v) is 12.3. The van der Waals surface area contributed by atoms with Crippen LogP contribution in [0.5, 0.6) is 0 Å². The summed E-state index contributed by atoms with van der Waals surface area (Å²) in [5.41, 5.74) is -0.611. The van der Waals surface area contributed by atoms with Crippen molar-refractivity contribution < 1.29 is 25.2 Å². The van der Waals surface area contributed by atoms with Crippen molar-refractivity contribution in [3.05, 3.63) is 0 Å². The van der Waals surface area contributed by atoms with Gasteiger partial charge >= 0.3 is 5.97 Å². The van der Waals surface area contributed by atoms with Crippen LogP contribution in [0.1, 0.15) is 103 Å². The fourth-order valence-corrected chi connectivity index (χ4v) is 4.78. The van der Waals surface area contributed by atoms with Gasteiger partial charge in [-0.2, -0.15) is 0 Å². The molecule has 2 atom stereocenters. The minimum Gasteiger partial charge on any atom is -0.481 e. The molecule has 6 nitrogen and oxygen atoms in total. The molecule has 30 heavy (non-hydrogen) atoms. The second-order valence-electron chi connectivity index (χ2n) is 9.44. The Labute approximate surface area is 183 Å². The highest BCUT2D eigenvalue weighted by atomic mass is 16.4. The number of likely N-dealkylation sites (tertiary alicyclic amines) is 1. The first-order valence-electron chi connectivity index (χ1n) is 12.3. The van der Waals surface area contributed by atoms with Gasteiger partial charge in [0.2, 0.25) is 0 Å². The van der Waals surface area contributed by atoms with Crippen LogP contribution in [0.2, 0.25) is 0 Å². The molecule has 1 saturated heterocycles. The van der Waals surface area contributed by atoms with Crippen molar-refractivity contribution in [1.82, 2.24) is 4.90 Å². The first-order chi connectivity index (χ1) is 14.4. The molecule has 0 aromatic rings. The van der Waals surface area contributed by atoms with Crippen LogP contribution in [0.3, 0.4) is 0 Å². The number of nitrogens with zero attached hydrogens (tertiary/aromatic N) is 1. The summed E-state index contributed by atoms with van der Waals surface area (Å²) >= 11 is 0. The number of aliphatic hydroxyl groups is 3. The topological polar surface area (TPSA) is 101 Å². The zero-order valence-corrected chi connectivity index (χ0v) is 19.2. The lowest BCUT2D eigenvalue weighted by Crippen LogP contribution is -2.41. The molecule has 0 radical (unpaired) electrons. The Morgan fingerprint density at radius 3 is 1.87 bits per heavy atom. The molecule has 1 aliphatic rings. The van der Waals surface area contributed by atoms with Crippen molar-refractivity contribution in [1.29, 1.82) is 0 Å². The molecule has 1 fully saturated rings. The molecule has 0 spiro atoms. The maximum Gasteiger partial charge on any atom is 0.306 e. The first kappa shape index (κ1) is 27.3. The van der Waals surface area contributed by atoms with E-state index in [2.05, 4.69) is 11.9 Å². The van der Waals surface area contributed by atoms with Crippen molar-refractivity contribution in [2.45, 2.75) is 114 Å². The Balaban J connectivity index is 2.39. The Hall–Kier alpha value is -0.690. The molecule has 0 amide bonds. The predicted octanol–water partition coefficient (Wildman–Crippen LogP) is 3.96. The number of carbonyl (C=O) groups is 1. The fourth-order valence-electron chi connectivity index (χ4n) is 4.78. The lowest BCUT2D eigenvalue weighted by Gasteiger charge is -2.36. The normalized spacial score (nSPS) is 20.5. The van der Waals surface area contributed by atoms with Crippen LogP contribution in [0.25, 0.3) is 0 Å². The molecule has 1 heterocycles. The average molecular weight is 430 g/mol. The largest absolute Gasteiger partial charge is 0.481 e. The van der Waals surface area contributed by atoms with E-state index >= 15 is 0 Å². The second-order valence-corrected chi connectivity index (χ2v) is 9.44. The van der Waals surface area contributed by atoms with Gasteiger partial charge in [-0.05, 0) is 65.0 Å². The minimum atomic E-state index is -0.662.